The third-order valence-corrected chi connectivity index (χ3v) is 4.34. The Bertz CT molecular complexity index is 472. The molecule has 3 unspecified atom stereocenters. The van der Waals surface area contributed by atoms with Gasteiger partial charge in [0.25, 0.3) is 0 Å². The van der Waals surface area contributed by atoms with E-state index in [0.29, 0.717) is 11.7 Å². The molecule has 1 heteroatoms. The van der Waals surface area contributed by atoms with Gasteiger partial charge in [-0.05, 0) is 48.7 Å². The fourth-order valence-electron chi connectivity index (χ4n) is 2.98. The van der Waals surface area contributed by atoms with Crippen molar-refractivity contribution in [3.05, 3.63) is 47.5 Å². The molecule has 2 aliphatic rings. The Morgan fingerprint density at radius 3 is 2.67 bits per heavy atom. The molecule has 3 atom stereocenters. The molecule has 0 aromatic heterocycles. The molecule has 0 saturated heterocycles. The molecule has 1 saturated carbocycles. The summed E-state index contributed by atoms with van der Waals surface area (Å²) in [5.41, 5.74) is 2.44. The predicted molar refractivity (Wildman–Crippen MR) is 73.4 cm³/mol. The van der Waals surface area contributed by atoms with Crippen molar-refractivity contribution in [2.24, 2.45) is 11.8 Å². The Balaban J connectivity index is 1.66. The van der Waals surface area contributed by atoms with Crippen molar-refractivity contribution in [3.8, 4) is 0 Å². The molecule has 2 aliphatic carbocycles. The van der Waals surface area contributed by atoms with Crippen LogP contribution in [0.25, 0.3) is 0 Å². The smallest absolute Gasteiger partial charge is 0.162 e. The van der Waals surface area contributed by atoms with Crippen LogP contribution in [0.3, 0.4) is 0 Å². The maximum atomic E-state index is 12.4. The summed E-state index contributed by atoms with van der Waals surface area (Å²) in [5, 5.41) is 0. The highest BCUT2D eigenvalue weighted by atomic mass is 16.1. The number of rotatable bonds is 3. The quantitative estimate of drug-likeness (QED) is 0.777. The van der Waals surface area contributed by atoms with Crippen LogP contribution in [0.4, 0.5) is 0 Å². The molecule has 94 valence electrons. The normalized spacial score (nSPS) is 30.7. The Morgan fingerprint density at radius 2 is 2.00 bits per heavy atom. The zero-order chi connectivity index (χ0) is 12.5. The number of ketones is 1. The second kappa shape index (κ2) is 4.72. The molecule has 0 bridgehead atoms. The average molecular weight is 240 g/mol. The van der Waals surface area contributed by atoms with Gasteiger partial charge in [0.15, 0.2) is 5.78 Å². The molecule has 0 N–H and O–H groups in total. The van der Waals surface area contributed by atoms with E-state index >= 15 is 0 Å². The molecule has 0 radical (unpaired) electrons. The van der Waals surface area contributed by atoms with E-state index in [1.807, 2.05) is 6.07 Å². The molecule has 1 aromatic carbocycles. The minimum atomic E-state index is 0.270. The Morgan fingerprint density at radius 1 is 1.22 bits per heavy atom. The standard InChI is InChI=1S/C17H20O/c1-12-7-9-14(10-8-12)17(18)16-11-15(16)13-5-3-2-4-6-13/h2-6,9,12,15-16H,7-8,10-11H2,1H3. The lowest BCUT2D eigenvalue weighted by Crippen LogP contribution is -2.12. The maximum absolute atomic E-state index is 12.4. The van der Waals surface area contributed by atoms with Gasteiger partial charge in [-0.25, -0.2) is 0 Å². The number of carbonyl (C=O) groups excluding carboxylic acids is 1. The van der Waals surface area contributed by atoms with E-state index in [0.717, 1.165) is 30.8 Å². The molecule has 1 aromatic rings. The molecule has 0 heterocycles. The largest absolute Gasteiger partial charge is 0.294 e. The summed E-state index contributed by atoms with van der Waals surface area (Å²) in [6.45, 7) is 2.27. The van der Waals surface area contributed by atoms with E-state index in [9.17, 15) is 4.79 Å². The summed E-state index contributed by atoms with van der Waals surface area (Å²) >= 11 is 0. The highest BCUT2D eigenvalue weighted by Gasteiger charge is 2.44. The molecule has 0 amide bonds. The van der Waals surface area contributed by atoms with E-state index in [2.05, 4.69) is 37.3 Å². The van der Waals surface area contributed by atoms with Gasteiger partial charge in [0.2, 0.25) is 0 Å². The Labute approximate surface area is 109 Å². The molecule has 0 aliphatic heterocycles. The summed E-state index contributed by atoms with van der Waals surface area (Å²) in [5.74, 6) is 1.94. The van der Waals surface area contributed by atoms with Gasteiger partial charge in [-0.1, -0.05) is 43.3 Å². The summed E-state index contributed by atoms with van der Waals surface area (Å²) < 4.78 is 0. The predicted octanol–water partition coefficient (Wildman–Crippen LogP) is 4.11. The van der Waals surface area contributed by atoms with Crippen LogP contribution in [-0.4, -0.2) is 5.78 Å². The lowest BCUT2D eigenvalue weighted by Gasteiger charge is -2.17. The van der Waals surface area contributed by atoms with Crippen molar-refractivity contribution in [2.45, 2.75) is 38.5 Å². The van der Waals surface area contributed by atoms with Gasteiger partial charge >= 0.3 is 0 Å². The lowest BCUT2D eigenvalue weighted by molar-refractivity contribution is -0.117. The highest BCUT2D eigenvalue weighted by Crippen LogP contribution is 2.49. The van der Waals surface area contributed by atoms with E-state index in [4.69, 9.17) is 0 Å². The number of hydrogen-bond donors (Lipinski definition) is 0. The molecule has 18 heavy (non-hydrogen) atoms. The van der Waals surface area contributed by atoms with Gasteiger partial charge in [-0.3, -0.25) is 4.79 Å². The first-order valence-corrected chi connectivity index (χ1v) is 7.04. The number of Topliss-reactive ketones (excluding diaryl/α,β-unsaturated/α-hetero) is 1. The molecular weight excluding hydrogens is 220 g/mol. The van der Waals surface area contributed by atoms with Crippen molar-refractivity contribution in [2.75, 3.05) is 0 Å². The van der Waals surface area contributed by atoms with Crippen LogP contribution in [0.2, 0.25) is 0 Å². The first-order chi connectivity index (χ1) is 8.75. The zero-order valence-corrected chi connectivity index (χ0v) is 10.9. The SMILES string of the molecule is CC1CC=C(C(=O)C2CC2c2ccccc2)CC1. The van der Waals surface area contributed by atoms with Crippen molar-refractivity contribution in [3.63, 3.8) is 0 Å². The van der Waals surface area contributed by atoms with Gasteiger partial charge in [-0.2, -0.15) is 0 Å². The second-order valence-corrected chi connectivity index (χ2v) is 5.83. The number of benzene rings is 1. The van der Waals surface area contributed by atoms with E-state index in [1.54, 1.807) is 0 Å². The van der Waals surface area contributed by atoms with Gasteiger partial charge in [0, 0.05) is 5.92 Å². The fourth-order valence-corrected chi connectivity index (χ4v) is 2.98. The van der Waals surface area contributed by atoms with E-state index in [1.165, 1.54) is 12.0 Å². The number of allylic oxidation sites excluding steroid dienone is 2. The highest BCUT2D eigenvalue weighted by molar-refractivity contribution is 5.99. The van der Waals surface area contributed by atoms with Crippen LogP contribution >= 0.6 is 0 Å². The first kappa shape index (κ1) is 11.7. The van der Waals surface area contributed by atoms with Gasteiger partial charge in [0.1, 0.15) is 0 Å². The number of carbonyl (C=O) groups is 1. The van der Waals surface area contributed by atoms with Crippen molar-refractivity contribution in [1.29, 1.82) is 0 Å². The minimum absolute atomic E-state index is 0.270. The van der Waals surface area contributed by atoms with Crippen molar-refractivity contribution in [1.82, 2.24) is 0 Å². The lowest BCUT2D eigenvalue weighted by atomic mass is 9.87. The molecule has 0 spiro atoms. The van der Waals surface area contributed by atoms with Crippen LogP contribution in [0, 0.1) is 11.8 Å². The van der Waals surface area contributed by atoms with Crippen LogP contribution < -0.4 is 0 Å². The second-order valence-electron chi connectivity index (χ2n) is 5.83. The topological polar surface area (TPSA) is 17.1 Å². The molecule has 1 nitrogen and oxygen atoms in total. The monoisotopic (exact) mass is 240 g/mol. The zero-order valence-electron chi connectivity index (χ0n) is 10.9. The van der Waals surface area contributed by atoms with Gasteiger partial charge in [-0.15, -0.1) is 0 Å². The Hall–Kier alpha value is -1.37. The molecule has 3 rings (SSSR count). The van der Waals surface area contributed by atoms with Crippen LogP contribution in [0.15, 0.2) is 42.0 Å². The third kappa shape index (κ3) is 2.27. The van der Waals surface area contributed by atoms with E-state index in [-0.39, 0.29) is 5.92 Å². The Kier molecular flexibility index (Phi) is 3.07. The summed E-state index contributed by atoms with van der Waals surface area (Å²) in [4.78, 5) is 12.4. The summed E-state index contributed by atoms with van der Waals surface area (Å²) in [6.07, 6.45) is 6.51. The minimum Gasteiger partial charge on any atom is -0.294 e. The van der Waals surface area contributed by atoms with Crippen molar-refractivity contribution < 1.29 is 4.79 Å². The first-order valence-electron chi connectivity index (χ1n) is 7.04. The third-order valence-electron chi connectivity index (χ3n) is 4.34. The van der Waals surface area contributed by atoms with E-state index < -0.39 is 0 Å². The average Bonchev–Trinajstić information content (AvgIpc) is 3.20. The van der Waals surface area contributed by atoms with Crippen LogP contribution in [-0.2, 0) is 4.79 Å². The van der Waals surface area contributed by atoms with Crippen molar-refractivity contribution >= 4 is 5.78 Å². The molecule has 1 fully saturated rings. The fraction of sp³-hybridized carbons (Fsp3) is 0.471. The molecular formula is C17H20O. The van der Waals surface area contributed by atoms with Gasteiger partial charge < -0.3 is 0 Å². The summed E-state index contributed by atoms with van der Waals surface area (Å²) in [6, 6.07) is 10.5. The number of hydrogen-bond acceptors (Lipinski definition) is 1. The van der Waals surface area contributed by atoms with Crippen LogP contribution in [0.5, 0.6) is 0 Å². The van der Waals surface area contributed by atoms with Gasteiger partial charge in [0.05, 0.1) is 0 Å². The summed E-state index contributed by atoms with van der Waals surface area (Å²) in [7, 11) is 0. The van der Waals surface area contributed by atoms with Crippen LogP contribution in [0.1, 0.15) is 44.1 Å². The maximum Gasteiger partial charge on any atom is 0.162 e.